The molecule has 6 heteroatoms. The van der Waals surface area contributed by atoms with E-state index in [1.54, 1.807) is 7.11 Å². The molecule has 2 aliphatic heterocycles. The first-order valence-electron chi connectivity index (χ1n) is 10.4. The van der Waals surface area contributed by atoms with E-state index in [1.807, 2.05) is 32.0 Å². The number of methoxy groups -OCH3 is 1. The molecule has 2 aliphatic rings. The molecule has 0 bridgehead atoms. The summed E-state index contributed by atoms with van der Waals surface area (Å²) in [7, 11) is 3.94. The highest BCUT2D eigenvalue weighted by molar-refractivity contribution is 6.07. The van der Waals surface area contributed by atoms with Crippen molar-refractivity contribution in [1.29, 1.82) is 0 Å². The second kappa shape index (κ2) is 6.77. The van der Waals surface area contributed by atoms with E-state index in [9.17, 15) is 4.79 Å². The SMILES string of the molecule is CCOC(=O)c1c(C)[nH]c2ccc3c(c12)C[N+]1(C)CCc2cc(OC)ccc2C1O3. The minimum Gasteiger partial charge on any atom is -0.497 e. The smallest absolute Gasteiger partial charge is 0.340 e. The molecule has 5 rings (SSSR count). The van der Waals surface area contributed by atoms with Crippen molar-refractivity contribution < 1.29 is 23.5 Å². The van der Waals surface area contributed by atoms with Gasteiger partial charge in [-0.15, -0.1) is 0 Å². The largest absolute Gasteiger partial charge is 0.497 e. The number of nitrogens with one attached hydrogen (secondary N) is 1. The summed E-state index contributed by atoms with van der Waals surface area (Å²) in [5, 5.41) is 0.932. The Morgan fingerprint density at radius 2 is 2.13 bits per heavy atom. The lowest BCUT2D eigenvalue weighted by molar-refractivity contribution is -0.974. The highest BCUT2D eigenvalue weighted by Crippen LogP contribution is 2.47. The third kappa shape index (κ3) is 2.70. The fourth-order valence-electron chi connectivity index (χ4n) is 5.03. The number of benzene rings is 2. The van der Waals surface area contributed by atoms with E-state index >= 15 is 0 Å². The van der Waals surface area contributed by atoms with Gasteiger partial charge in [-0.05, 0) is 49.7 Å². The Bertz CT molecular complexity index is 1170. The summed E-state index contributed by atoms with van der Waals surface area (Å²) in [4.78, 5) is 16.1. The molecule has 0 amide bonds. The van der Waals surface area contributed by atoms with Crippen molar-refractivity contribution >= 4 is 16.9 Å². The van der Waals surface area contributed by atoms with Gasteiger partial charge in [0.15, 0.2) is 0 Å². The van der Waals surface area contributed by atoms with Crippen LogP contribution in [0.2, 0.25) is 0 Å². The Hall–Kier alpha value is -2.99. The highest BCUT2D eigenvalue weighted by atomic mass is 16.5. The number of hydrogen-bond acceptors (Lipinski definition) is 4. The molecule has 0 saturated heterocycles. The van der Waals surface area contributed by atoms with Crippen molar-refractivity contribution in [2.24, 2.45) is 0 Å². The predicted molar refractivity (Wildman–Crippen MR) is 114 cm³/mol. The number of ether oxygens (including phenoxy) is 3. The second-order valence-electron chi connectivity index (χ2n) is 8.46. The van der Waals surface area contributed by atoms with Gasteiger partial charge in [0.2, 0.25) is 0 Å². The maximum atomic E-state index is 12.7. The maximum Gasteiger partial charge on any atom is 0.340 e. The van der Waals surface area contributed by atoms with Gasteiger partial charge in [-0.25, -0.2) is 4.79 Å². The third-order valence-electron chi connectivity index (χ3n) is 6.53. The summed E-state index contributed by atoms with van der Waals surface area (Å²) in [5.41, 5.74) is 5.98. The summed E-state index contributed by atoms with van der Waals surface area (Å²) >= 11 is 0. The van der Waals surface area contributed by atoms with Crippen LogP contribution in [0.15, 0.2) is 30.3 Å². The lowest BCUT2D eigenvalue weighted by Gasteiger charge is -2.47. The standard InChI is InChI=1S/C24H26N2O4/c1-5-29-24(27)21-14(2)25-19-8-9-20-18(22(19)21)13-26(3)11-10-15-12-16(28-4)6-7-17(15)23(26)30-20/h6-9,12,23H,5,10-11,13H2,1-4H3/p+1. The van der Waals surface area contributed by atoms with E-state index in [0.717, 1.165) is 57.7 Å². The van der Waals surface area contributed by atoms with Crippen molar-refractivity contribution in [3.8, 4) is 11.5 Å². The van der Waals surface area contributed by atoms with Gasteiger partial charge < -0.3 is 19.2 Å². The number of aromatic nitrogens is 1. The molecule has 156 valence electrons. The van der Waals surface area contributed by atoms with Crippen molar-refractivity contribution in [3.63, 3.8) is 0 Å². The monoisotopic (exact) mass is 407 g/mol. The van der Waals surface area contributed by atoms with E-state index in [1.165, 1.54) is 11.1 Å². The van der Waals surface area contributed by atoms with Gasteiger partial charge in [0.1, 0.15) is 18.0 Å². The van der Waals surface area contributed by atoms with Crippen LogP contribution in [0, 0.1) is 6.92 Å². The Morgan fingerprint density at radius 3 is 2.90 bits per heavy atom. The molecule has 2 atom stereocenters. The minimum absolute atomic E-state index is 0.0734. The molecule has 2 aromatic carbocycles. The van der Waals surface area contributed by atoms with Crippen LogP contribution < -0.4 is 9.47 Å². The van der Waals surface area contributed by atoms with Gasteiger partial charge in [-0.2, -0.15) is 0 Å². The van der Waals surface area contributed by atoms with Crippen LogP contribution in [0.4, 0.5) is 0 Å². The molecule has 3 aromatic rings. The number of hydrogen-bond donors (Lipinski definition) is 1. The third-order valence-corrected chi connectivity index (χ3v) is 6.53. The fourth-order valence-corrected chi connectivity index (χ4v) is 5.03. The molecule has 2 unspecified atom stereocenters. The Balaban J connectivity index is 1.65. The van der Waals surface area contributed by atoms with Crippen LogP contribution in [-0.4, -0.2) is 42.7 Å². The zero-order valence-corrected chi connectivity index (χ0v) is 17.9. The van der Waals surface area contributed by atoms with Gasteiger partial charge in [-0.3, -0.25) is 4.48 Å². The van der Waals surface area contributed by atoms with Gasteiger partial charge in [0.05, 0.1) is 44.0 Å². The van der Waals surface area contributed by atoms with Crippen LogP contribution in [0.3, 0.4) is 0 Å². The Morgan fingerprint density at radius 1 is 1.30 bits per heavy atom. The summed E-state index contributed by atoms with van der Waals surface area (Å²) in [5.74, 6) is 1.44. The molecule has 0 spiro atoms. The van der Waals surface area contributed by atoms with Gasteiger partial charge in [0.25, 0.3) is 6.23 Å². The number of fused-ring (bicyclic) bond motifs is 6. The minimum atomic E-state index is -0.282. The van der Waals surface area contributed by atoms with Crippen molar-refractivity contribution in [2.45, 2.75) is 33.0 Å². The summed E-state index contributed by atoms with van der Waals surface area (Å²) in [6.07, 6.45) is 0.890. The van der Waals surface area contributed by atoms with Crippen molar-refractivity contribution in [1.82, 2.24) is 4.98 Å². The van der Waals surface area contributed by atoms with E-state index in [-0.39, 0.29) is 12.2 Å². The summed E-state index contributed by atoms with van der Waals surface area (Å²) in [6, 6.07) is 10.3. The fraction of sp³-hybridized carbons (Fsp3) is 0.375. The van der Waals surface area contributed by atoms with Crippen LogP contribution in [-0.2, 0) is 17.7 Å². The molecular formula is C24H27N2O4+. The normalized spacial score (nSPS) is 21.9. The molecule has 1 N–H and O–H groups in total. The molecule has 0 fully saturated rings. The lowest BCUT2D eigenvalue weighted by atomic mass is 9.92. The Labute approximate surface area is 175 Å². The topological polar surface area (TPSA) is 60.6 Å². The molecule has 0 saturated carbocycles. The number of aromatic amines is 1. The number of likely N-dealkylation sites (N-methyl/N-ethyl adjacent to an activating group) is 1. The van der Waals surface area contributed by atoms with E-state index in [0.29, 0.717) is 12.2 Å². The van der Waals surface area contributed by atoms with Gasteiger partial charge >= 0.3 is 5.97 Å². The first-order chi connectivity index (χ1) is 14.4. The average Bonchev–Trinajstić information content (AvgIpc) is 3.08. The molecular weight excluding hydrogens is 380 g/mol. The predicted octanol–water partition coefficient (Wildman–Crippen LogP) is 4.26. The van der Waals surface area contributed by atoms with Crippen molar-refractivity contribution in [3.05, 3.63) is 58.3 Å². The number of carbonyl (C=O) groups excluding carboxylic acids is 1. The maximum absolute atomic E-state index is 12.7. The van der Waals surface area contributed by atoms with E-state index < -0.39 is 0 Å². The first-order valence-corrected chi connectivity index (χ1v) is 10.4. The van der Waals surface area contributed by atoms with Gasteiger partial charge in [0, 0.05) is 23.0 Å². The van der Waals surface area contributed by atoms with E-state index in [4.69, 9.17) is 14.2 Å². The van der Waals surface area contributed by atoms with Crippen LogP contribution in [0.1, 0.15) is 45.9 Å². The number of carbonyl (C=O) groups is 1. The zero-order valence-electron chi connectivity index (χ0n) is 17.9. The number of nitrogens with zero attached hydrogens (tertiary/aromatic N) is 1. The van der Waals surface area contributed by atoms with Gasteiger partial charge in [-0.1, -0.05) is 0 Å². The Kier molecular flexibility index (Phi) is 4.29. The summed E-state index contributed by atoms with van der Waals surface area (Å²) in [6.45, 7) is 5.86. The zero-order chi connectivity index (χ0) is 21.0. The molecule has 3 heterocycles. The average molecular weight is 407 g/mol. The highest BCUT2D eigenvalue weighted by Gasteiger charge is 2.45. The number of esters is 1. The number of H-pyrrole nitrogens is 1. The van der Waals surface area contributed by atoms with Crippen LogP contribution >= 0.6 is 0 Å². The molecule has 1 aromatic heterocycles. The molecule has 6 nitrogen and oxygen atoms in total. The molecule has 30 heavy (non-hydrogen) atoms. The second-order valence-corrected chi connectivity index (χ2v) is 8.46. The van der Waals surface area contributed by atoms with Crippen LogP contribution in [0.25, 0.3) is 10.9 Å². The number of aryl methyl sites for hydroxylation is 1. The lowest BCUT2D eigenvalue weighted by Crippen LogP contribution is -2.54. The van der Waals surface area contributed by atoms with Crippen molar-refractivity contribution in [2.75, 3.05) is 27.3 Å². The van der Waals surface area contributed by atoms with E-state index in [2.05, 4.69) is 24.2 Å². The molecule has 0 radical (unpaired) electrons. The number of rotatable bonds is 3. The van der Waals surface area contributed by atoms with Crippen LogP contribution in [0.5, 0.6) is 11.5 Å². The first kappa shape index (κ1) is 19.0. The molecule has 0 aliphatic carbocycles. The number of quaternary nitrogens is 1. The quantitative estimate of drug-likeness (QED) is 0.521. The summed E-state index contributed by atoms with van der Waals surface area (Å²) < 4.78 is 18.1.